The molecule has 28 heavy (non-hydrogen) atoms. The summed E-state index contributed by atoms with van der Waals surface area (Å²) in [6, 6.07) is 8.39. The van der Waals surface area contributed by atoms with Crippen LogP contribution in [0.25, 0.3) is 0 Å². The fourth-order valence-electron chi connectivity index (χ4n) is 3.40. The van der Waals surface area contributed by atoms with E-state index in [2.05, 4.69) is 15.6 Å². The van der Waals surface area contributed by atoms with Crippen molar-refractivity contribution in [1.29, 1.82) is 0 Å². The van der Waals surface area contributed by atoms with E-state index in [0.29, 0.717) is 23.4 Å². The van der Waals surface area contributed by atoms with Gasteiger partial charge in [-0.1, -0.05) is 44.4 Å². The van der Waals surface area contributed by atoms with Crippen molar-refractivity contribution in [3.63, 3.8) is 0 Å². The van der Waals surface area contributed by atoms with E-state index in [0.717, 1.165) is 19.6 Å². The van der Waals surface area contributed by atoms with Crippen LogP contribution in [0.2, 0.25) is 0 Å². The van der Waals surface area contributed by atoms with Gasteiger partial charge in [-0.15, -0.1) is 0 Å². The lowest BCUT2D eigenvalue weighted by atomic mass is 9.98. The van der Waals surface area contributed by atoms with E-state index in [1.165, 1.54) is 32.1 Å². The Labute approximate surface area is 170 Å². The molecule has 1 atom stereocenters. The van der Waals surface area contributed by atoms with Gasteiger partial charge in [0.2, 0.25) is 0 Å². The summed E-state index contributed by atoms with van der Waals surface area (Å²) in [5.41, 5.74) is 0. The van der Waals surface area contributed by atoms with E-state index < -0.39 is 9.84 Å². The van der Waals surface area contributed by atoms with Crippen molar-refractivity contribution in [2.24, 2.45) is 4.99 Å². The summed E-state index contributed by atoms with van der Waals surface area (Å²) in [6.07, 6.45) is 8.29. The molecule has 0 aromatic heterocycles. The van der Waals surface area contributed by atoms with Crippen LogP contribution in [-0.4, -0.2) is 52.5 Å². The summed E-state index contributed by atoms with van der Waals surface area (Å²) in [7, 11) is -1.63. The van der Waals surface area contributed by atoms with Crippen molar-refractivity contribution in [3.05, 3.63) is 30.3 Å². The maximum absolute atomic E-state index is 12.6. The third-order valence-electron chi connectivity index (χ3n) is 5.10. The van der Waals surface area contributed by atoms with Gasteiger partial charge in [-0.25, -0.2) is 8.42 Å². The molecular formula is C21H35N3O3S. The number of ether oxygens (including phenoxy) is 1. The summed E-state index contributed by atoms with van der Waals surface area (Å²) in [5.74, 6) is 0.673. The quantitative estimate of drug-likeness (QED) is 0.353. The Morgan fingerprint density at radius 1 is 1.21 bits per heavy atom. The van der Waals surface area contributed by atoms with Gasteiger partial charge in [0.25, 0.3) is 0 Å². The van der Waals surface area contributed by atoms with Crippen molar-refractivity contribution in [2.75, 3.05) is 26.0 Å². The molecule has 0 spiro atoms. The van der Waals surface area contributed by atoms with Gasteiger partial charge < -0.3 is 15.4 Å². The Morgan fingerprint density at radius 3 is 2.57 bits per heavy atom. The van der Waals surface area contributed by atoms with E-state index in [1.807, 2.05) is 13.0 Å². The Balaban J connectivity index is 1.73. The van der Waals surface area contributed by atoms with Gasteiger partial charge in [-0.2, -0.15) is 0 Å². The predicted molar refractivity (Wildman–Crippen MR) is 115 cm³/mol. The van der Waals surface area contributed by atoms with Crippen LogP contribution in [0.5, 0.6) is 0 Å². The second kappa shape index (κ2) is 12.1. The lowest BCUT2D eigenvalue weighted by Gasteiger charge is -2.22. The molecule has 0 saturated heterocycles. The Kier molecular flexibility index (Phi) is 9.78. The summed E-state index contributed by atoms with van der Waals surface area (Å²) in [5, 5.41) is 6.50. The lowest BCUT2D eigenvalue weighted by Crippen LogP contribution is -2.46. The first-order valence-electron chi connectivity index (χ1n) is 10.4. The summed E-state index contributed by atoms with van der Waals surface area (Å²) >= 11 is 0. The first kappa shape index (κ1) is 22.7. The van der Waals surface area contributed by atoms with Gasteiger partial charge in [0.05, 0.1) is 16.8 Å². The number of hydrogen-bond donors (Lipinski definition) is 2. The zero-order valence-electron chi connectivity index (χ0n) is 17.2. The number of nitrogens with zero attached hydrogens (tertiary/aromatic N) is 1. The third-order valence-corrected chi connectivity index (χ3v) is 6.93. The van der Waals surface area contributed by atoms with Crippen LogP contribution in [0.15, 0.2) is 40.2 Å². The molecule has 1 aromatic rings. The maximum Gasteiger partial charge on any atom is 0.191 e. The zero-order chi connectivity index (χ0) is 20.2. The average Bonchev–Trinajstić information content (AvgIpc) is 2.73. The molecule has 1 unspecified atom stereocenters. The molecule has 2 N–H and O–H groups in total. The SMILES string of the molecule is CCC(CS(=O)(=O)c1ccccc1)NC(=NC)NCCCOC1CCCCC1. The molecule has 1 aliphatic rings. The van der Waals surface area contributed by atoms with Crippen LogP contribution in [0.1, 0.15) is 51.9 Å². The maximum atomic E-state index is 12.6. The molecular weight excluding hydrogens is 374 g/mol. The molecule has 2 rings (SSSR count). The molecule has 0 aliphatic heterocycles. The van der Waals surface area contributed by atoms with Crippen molar-refractivity contribution in [2.45, 2.75) is 68.9 Å². The highest BCUT2D eigenvalue weighted by Gasteiger charge is 2.21. The Morgan fingerprint density at radius 2 is 1.93 bits per heavy atom. The average molecular weight is 410 g/mol. The fourth-order valence-corrected chi connectivity index (χ4v) is 5.01. The van der Waals surface area contributed by atoms with Gasteiger partial charge in [0, 0.05) is 26.2 Å². The van der Waals surface area contributed by atoms with Gasteiger partial charge in [0.15, 0.2) is 15.8 Å². The molecule has 158 valence electrons. The minimum atomic E-state index is -3.33. The first-order chi connectivity index (χ1) is 13.5. The molecule has 7 heteroatoms. The molecule has 0 radical (unpaired) electrons. The van der Waals surface area contributed by atoms with Crippen LogP contribution in [0.3, 0.4) is 0 Å². The van der Waals surface area contributed by atoms with Gasteiger partial charge in [-0.3, -0.25) is 4.99 Å². The Hall–Kier alpha value is -1.60. The van der Waals surface area contributed by atoms with E-state index in [9.17, 15) is 8.42 Å². The molecule has 0 amide bonds. The molecule has 1 fully saturated rings. The van der Waals surface area contributed by atoms with Crippen molar-refractivity contribution >= 4 is 15.8 Å². The minimum Gasteiger partial charge on any atom is -0.378 e. The third kappa shape index (κ3) is 7.80. The standard InChI is InChI=1S/C21H35N3O3S/c1-3-18(17-28(25,26)20-13-8-5-9-14-20)24-21(22-2)23-15-10-16-27-19-11-6-4-7-12-19/h5,8-9,13-14,18-19H,3-4,6-7,10-12,15-17H2,1-2H3,(H2,22,23,24). The zero-order valence-corrected chi connectivity index (χ0v) is 18.0. The minimum absolute atomic E-state index is 0.0407. The molecule has 1 aliphatic carbocycles. The normalized spacial score (nSPS) is 17.3. The topological polar surface area (TPSA) is 79.8 Å². The van der Waals surface area contributed by atoms with Crippen LogP contribution < -0.4 is 10.6 Å². The monoisotopic (exact) mass is 409 g/mol. The highest BCUT2D eigenvalue weighted by atomic mass is 32.2. The molecule has 0 heterocycles. The van der Waals surface area contributed by atoms with E-state index in [1.54, 1.807) is 31.3 Å². The molecule has 0 bridgehead atoms. The first-order valence-corrected chi connectivity index (χ1v) is 12.1. The number of guanidine groups is 1. The number of aliphatic imine (C=N–C) groups is 1. The smallest absolute Gasteiger partial charge is 0.191 e. The van der Waals surface area contributed by atoms with E-state index >= 15 is 0 Å². The summed E-state index contributed by atoms with van der Waals surface area (Å²) in [6.45, 7) is 3.46. The fraction of sp³-hybridized carbons (Fsp3) is 0.667. The van der Waals surface area contributed by atoms with Crippen molar-refractivity contribution in [3.8, 4) is 0 Å². The number of rotatable bonds is 10. The summed E-state index contributed by atoms with van der Waals surface area (Å²) < 4.78 is 31.1. The lowest BCUT2D eigenvalue weighted by molar-refractivity contribution is 0.0277. The molecule has 6 nitrogen and oxygen atoms in total. The number of nitrogens with one attached hydrogen (secondary N) is 2. The van der Waals surface area contributed by atoms with Gasteiger partial charge in [-0.05, 0) is 37.8 Å². The largest absolute Gasteiger partial charge is 0.378 e. The summed E-state index contributed by atoms with van der Waals surface area (Å²) in [4.78, 5) is 4.58. The van der Waals surface area contributed by atoms with Gasteiger partial charge >= 0.3 is 0 Å². The second-order valence-electron chi connectivity index (χ2n) is 7.33. The Bertz CT molecular complexity index is 686. The van der Waals surface area contributed by atoms with Crippen LogP contribution >= 0.6 is 0 Å². The number of sulfone groups is 1. The van der Waals surface area contributed by atoms with E-state index in [-0.39, 0.29) is 11.8 Å². The number of hydrogen-bond acceptors (Lipinski definition) is 4. The second-order valence-corrected chi connectivity index (χ2v) is 9.36. The van der Waals surface area contributed by atoms with Crippen molar-refractivity contribution < 1.29 is 13.2 Å². The molecule has 1 aromatic carbocycles. The van der Waals surface area contributed by atoms with Crippen LogP contribution in [-0.2, 0) is 14.6 Å². The van der Waals surface area contributed by atoms with E-state index in [4.69, 9.17) is 4.74 Å². The van der Waals surface area contributed by atoms with Crippen LogP contribution in [0, 0.1) is 0 Å². The number of benzene rings is 1. The van der Waals surface area contributed by atoms with Gasteiger partial charge in [0.1, 0.15) is 0 Å². The molecule has 1 saturated carbocycles. The van der Waals surface area contributed by atoms with Crippen LogP contribution in [0.4, 0.5) is 0 Å². The highest BCUT2D eigenvalue weighted by molar-refractivity contribution is 7.91. The predicted octanol–water partition coefficient (Wildman–Crippen LogP) is 3.14. The highest BCUT2D eigenvalue weighted by Crippen LogP contribution is 2.20. The van der Waals surface area contributed by atoms with Crippen molar-refractivity contribution in [1.82, 2.24) is 10.6 Å².